The van der Waals surface area contributed by atoms with Crippen LogP contribution in [-0.2, 0) is 11.0 Å². The number of carbonyl (C=O) groups is 1. The van der Waals surface area contributed by atoms with E-state index in [9.17, 15) is 18.0 Å². The van der Waals surface area contributed by atoms with Crippen LogP contribution in [0.4, 0.5) is 13.2 Å². The molecule has 0 aliphatic carbocycles. The van der Waals surface area contributed by atoms with Crippen molar-refractivity contribution >= 4 is 11.6 Å². The number of nitrogens with zero attached hydrogens (tertiary/aromatic N) is 3. The third kappa shape index (κ3) is 3.19. The minimum atomic E-state index is -4.36. The Kier molecular flexibility index (Phi) is 4.28. The van der Waals surface area contributed by atoms with Gasteiger partial charge in [-0.25, -0.2) is 0 Å². The number of likely N-dealkylation sites (N-methyl/N-ethyl adjacent to an activating group) is 1. The largest absolute Gasteiger partial charge is 0.416 e. The second-order valence-corrected chi connectivity index (χ2v) is 7.52. The highest BCUT2D eigenvalue weighted by Crippen LogP contribution is 2.37. The van der Waals surface area contributed by atoms with Crippen LogP contribution in [0.1, 0.15) is 36.2 Å². The first kappa shape index (κ1) is 18.7. The number of alkyl halides is 3. The zero-order chi connectivity index (χ0) is 20.1. The molecule has 146 valence electrons. The van der Waals surface area contributed by atoms with Crippen molar-refractivity contribution in [2.75, 3.05) is 13.6 Å². The van der Waals surface area contributed by atoms with Gasteiger partial charge in [0, 0.05) is 19.3 Å². The number of likely N-dealkylation sites (tertiary alicyclic amines) is 1. The highest BCUT2D eigenvalue weighted by molar-refractivity contribution is 6.05. The SMILES string of the molecule is Cc1cc(-c2ccc(C(F)(F)F)cc2)cc(C2=N[C@@]3(CC2)CCN(C)C3=O)n1. The number of hydrogen-bond donors (Lipinski definition) is 0. The van der Waals surface area contributed by atoms with E-state index in [4.69, 9.17) is 4.99 Å². The van der Waals surface area contributed by atoms with Crippen LogP contribution in [0.5, 0.6) is 0 Å². The molecule has 28 heavy (non-hydrogen) atoms. The van der Waals surface area contributed by atoms with Crippen LogP contribution in [0.25, 0.3) is 11.1 Å². The predicted octanol–water partition coefficient (Wildman–Crippen LogP) is 4.26. The molecular formula is C21H20F3N3O. The number of hydrogen-bond acceptors (Lipinski definition) is 3. The lowest BCUT2D eigenvalue weighted by atomic mass is 9.95. The van der Waals surface area contributed by atoms with Crippen molar-refractivity contribution in [2.24, 2.45) is 4.99 Å². The van der Waals surface area contributed by atoms with Crippen LogP contribution in [0.2, 0.25) is 0 Å². The predicted molar refractivity (Wildman–Crippen MR) is 100 cm³/mol. The second-order valence-electron chi connectivity index (χ2n) is 7.52. The van der Waals surface area contributed by atoms with Crippen LogP contribution < -0.4 is 0 Å². The molecule has 3 heterocycles. The number of carbonyl (C=O) groups excluding carboxylic acids is 1. The molecule has 1 aromatic carbocycles. The van der Waals surface area contributed by atoms with E-state index in [0.717, 1.165) is 29.1 Å². The molecule has 4 rings (SSSR count). The molecule has 1 fully saturated rings. The quantitative estimate of drug-likeness (QED) is 0.773. The zero-order valence-corrected chi connectivity index (χ0v) is 15.7. The summed E-state index contributed by atoms with van der Waals surface area (Å²) in [4.78, 5) is 23.5. The lowest BCUT2D eigenvalue weighted by Crippen LogP contribution is -2.35. The Hall–Kier alpha value is -2.70. The van der Waals surface area contributed by atoms with E-state index in [1.165, 1.54) is 12.1 Å². The summed E-state index contributed by atoms with van der Waals surface area (Å²) < 4.78 is 38.4. The maximum absolute atomic E-state index is 12.8. The number of aliphatic imine (C=N–C) groups is 1. The van der Waals surface area contributed by atoms with Crippen molar-refractivity contribution in [1.82, 2.24) is 9.88 Å². The molecule has 2 aliphatic heterocycles. The molecule has 2 aliphatic rings. The van der Waals surface area contributed by atoms with Crippen molar-refractivity contribution in [3.05, 3.63) is 53.3 Å². The van der Waals surface area contributed by atoms with E-state index in [-0.39, 0.29) is 5.91 Å². The smallest absolute Gasteiger partial charge is 0.344 e. The Morgan fingerprint density at radius 1 is 1.07 bits per heavy atom. The van der Waals surface area contributed by atoms with Crippen LogP contribution in [0.15, 0.2) is 41.4 Å². The number of pyridine rings is 1. The Morgan fingerprint density at radius 2 is 1.79 bits per heavy atom. The van der Waals surface area contributed by atoms with Gasteiger partial charge in [0.15, 0.2) is 0 Å². The fourth-order valence-electron chi connectivity index (χ4n) is 3.97. The zero-order valence-electron chi connectivity index (χ0n) is 15.7. The molecule has 1 atom stereocenters. The lowest BCUT2D eigenvalue weighted by molar-refractivity contribution is -0.137. The molecular weight excluding hydrogens is 367 g/mol. The molecule has 0 radical (unpaired) electrons. The van der Waals surface area contributed by atoms with E-state index in [1.807, 2.05) is 19.1 Å². The van der Waals surface area contributed by atoms with Gasteiger partial charge in [-0.15, -0.1) is 0 Å². The number of rotatable bonds is 2. The molecule has 0 N–H and O–H groups in total. The third-order valence-corrected chi connectivity index (χ3v) is 5.52. The van der Waals surface area contributed by atoms with Gasteiger partial charge in [-0.05, 0) is 61.6 Å². The van der Waals surface area contributed by atoms with Crippen molar-refractivity contribution in [2.45, 2.75) is 37.9 Å². The van der Waals surface area contributed by atoms with Crippen molar-refractivity contribution in [1.29, 1.82) is 0 Å². The van der Waals surface area contributed by atoms with Crippen LogP contribution in [-0.4, -0.2) is 40.6 Å². The highest BCUT2D eigenvalue weighted by Gasteiger charge is 2.48. The van der Waals surface area contributed by atoms with Gasteiger partial charge < -0.3 is 4.90 Å². The van der Waals surface area contributed by atoms with Gasteiger partial charge in [-0.3, -0.25) is 14.8 Å². The van der Waals surface area contributed by atoms with Gasteiger partial charge in [-0.2, -0.15) is 13.2 Å². The van der Waals surface area contributed by atoms with Crippen molar-refractivity contribution in [3.8, 4) is 11.1 Å². The maximum Gasteiger partial charge on any atom is 0.416 e. The van der Waals surface area contributed by atoms with Gasteiger partial charge in [0.1, 0.15) is 5.54 Å². The third-order valence-electron chi connectivity index (χ3n) is 5.52. The number of halogens is 3. The molecule has 1 amide bonds. The molecule has 1 aromatic heterocycles. The Balaban J connectivity index is 1.68. The van der Waals surface area contributed by atoms with Gasteiger partial charge in [0.2, 0.25) is 5.91 Å². The topological polar surface area (TPSA) is 45.6 Å². The first-order valence-electron chi connectivity index (χ1n) is 9.19. The number of benzene rings is 1. The first-order chi connectivity index (χ1) is 13.2. The highest BCUT2D eigenvalue weighted by atomic mass is 19.4. The van der Waals surface area contributed by atoms with E-state index in [0.29, 0.717) is 37.1 Å². The number of aryl methyl sites for hydroxylation is 1. The van der Waals surface area contributed by atoms with E-state index in [1.54, 1.807) is 11.9 Å². The Bertz CT molecular complexity index is 966. The molecule has 7 heteroatoms. The summed E-state index contributed by atoms with van der Waals surface area (Å²) >= 11 is 0. The molecule has 0 unspecified atom stereocenters. The van der Waals surface area contributed by atoms with Gasteiger partial charge in [0.25, 0.3) is 0 Å². The molecule has 1 saturated heterocycles. The summed E-state index contributed by atoms with van der Waals surface area (Å²) in [6, 6.07) is 8.78. The molecule has 4 nitrogen and oxygen atoms in total. The number of aromatic nitrogens is 1. The lowest BCUT2D eigenvalue weighted by Gasteiger charge is -2.17. The molecule has 2 aromatic rings. The Morgan fingerprint density at radius 3 is 2.39 bits per heavy atom. The summed E-state index contributed by atoms with van der Waals surface area (Å²) in [6.45, 7) is 2.55. The minimum absolute atomic E-state index is 0.0538. The van der Waals surface area contributed by atoms with E-state index < -0.39 is 17.3 Å². The second kappa shape index (κ2) is 6.43. The summed E-state index contributed by atoms with van der Waals surface area (Å²) in [5.74, 6) is 0.0538. The van der Waals surface area contributed by atoms with Crippen molar-refractivity contribution in [3.63, 3.8) is 0 Å². The monoisotopic (exact) mass is 387 g/mol. The fraction of sp³-hybridized carbons (Fsp3) is 0.381. The maximum atomic E-state index is 12.8. The van der Waals surface area contributed by atoms with Gasteiger partial charge in [-0.1, -0.05) is 12.1 Å². The number of amides is 1. The Labute approximate surface area is 161 Å². The first-order valence-corrected chi connectivity index (χ1v) is 9.19. The van der Waals surface area contributed by atoms with Crippen LogP contribution >= 0.6 is 0 Å². The summed E-state index contributed by atoms with van der Waals surface area (Å²) in [7, 11) is 1.79. The van der Waals surface area contributed by atoms with Gasteiger partial charge >= 0.3 is 6.18 Å². The normalized spacial score (nSPS) is 22.2. The van der Waals surface area contributed by atoms with Crippen LogP contribution in [0, 0.1) is 6.92 Å². The van der Waals surface area contributed by atoms with E-state index >= 15 is 0 Å². The minimum Gasteiger partial charge on any atom is -0.344 e. The standard InChI is InChI=1S/C21H20F3N3O/c1-13-11-15(14-3-5-16(6-4-14)21(22,23)24)12-18(25-13)17-7-8-20(26-17)9-10-27(2)19(20)28/h3-6,11-12H,7-10H2,1-2H3/t20-/m0/s1. The molecule has 1 spiro atoms. The molecule has 0 saturated carbocycles. The van der Waals surface area contributed by atoms with Crippen LogP contribution in [0.3, 0.4) is 0 Å². The molecule has 0 bridgehead atoms. The van der Waals surface area contributed by atoms with E-state index in [2.05, 4.69) is 4.98 Å². The summed E-state index contributed by atoms with van der Waals surface area (Å²) in [6.07, 6.45) is -2.30. The fourth-order valence-corrected chi connectivity index (χ4v) is 3.97. The summed E-state index contributed by atoms with van der Waals surface area (Å²) in [5.41, 5.74) is 2.37. The average Bonchev–Trinajstić information content (AvgIpc) is 3.21. The van der Waals surface area contributed by atoms with Gasteiger partial charge in [0.05, 0.1) is 17.0 Å². The van der Waals surface area contributed by atoms with Crippen molar-refractivity contribution < 1.29 is 18.0 Å². The average molecular weight is 387 g/mol. The summed E-state index contributed by atoms with van der Waals surface area (Å²) in [5, 5.41) is 0.